The molecule has 0 fully saturated rings. The number of nitrogens with one attached hydrogen (secondary N) is 1. The van der Waals surface area contributed by atoms with Crippen molar-refractivity contribution in [1.82, 2.24) is 5.43 Å². The minimum atomic E-state index is 0.216. The number of hydrogen-bond acceptors (Lipinski definition) is 3. The van der Waals surface area contributed by atoms with Gasteiger partial charge in [-0.15, -0.1) is 11.3 Å². The molecule has 0 radical (unpaired) electrons. The Labute approximate surface area is 114 Å². The first-order chi connectivity index (χ1) is 8.29. The summed E-state index contributed by atoms with van der Waals surface area (Å²) in [7, 11) is 0. The standard InChI is InChI=1S/C13H23ClN2S/c1-2-3-4-5-6-7-8-12(16-15)13-11(14)9-10-17-13/h9-10,12,16H,2-8,15H2,1H3. The van der Waals surface area contributed by atoms with Gasteiger partial charge >= 0.3 is 0 Å². The minimum Gasteiger partial charge on any atom is -0.271 e. The monoisotopic (exact) mass is 274 g/mol. The summed E-state index contributed by atoms with van der Waals surface area (Å²) in [6.45, 7) is 2.24. The summed E-state index contributed by atoms with van der Waals surface area (Å²) in [4.78, 5) is 1.17. The van der Waals surface area contributed by atoms with E-state index in [1.54, 1.807) is 11.3 Å². The third kappa shape index (κ3) is 5.38. The molecule has 0 saturated heterocycles. The molecule has 0 aromatic carbocycles. The highest BCUT2D eigenvalue weighted by Gasteiger charge is 2.13. The van der Waals surface area contributed by atoms with E-state index in [0.29, 0.717) is 0 Å². The van der Waals surface area contributed by atoms with E-state index in [-0.39, 0.29) is 6.04 Å². The van der Waals surface area contributed by atoms with Crippen molar-refractivity contribution in [2.75, 3.05) is 0 Å². The van der Waals surface area contributed by atoms with Crippen LogP contribution in [-0.4, -0.2) is 0 Å². The van der Waals surface area contributed by atoms with Gasteiger partial charge in [0.15, 0.2) is 0 Å². The molecule has 0 amide bonds. The van der Waals surface area contributed by atoms with E-state index in [9.17, 15) is 0 Å². The number of rotatable bonds is 9. The Hall–Kier alpha value is -0.0900. The predicted octanol–water partition coefficient (Wildman–Crippen LogP) is 4.66. The molecule has 0 aliphatic rings. The van der Waals surface area contributed by atoms with Gasteiger partial charge in [-0.1, -0.05) is 57.0 Å². The summed E-state index contributed by atoms with van der Waals surface area (Å²) < 4.78 is 0. The van der Waals surface area contributed by atoms with Crippen LogP contribution in [0.1, 0.15) is 62.8 Å². The molecule has 0 spiro atoms. The van der Waals surface area contributed by atoms with Crippen LogP contribution in [0.4, 0.5) is 0 Å². The van der Waals surface area contributed by atoms with Gasteiger partial charge in [0, 0.05) is 4.88 Å². The van der Waals surface area contributed by atoms with Crippen molar-refractivity contribution in [2.45, 2.75) is 57.9 Å². The van der Waals surface area contributed by atoms with Crippen LogP contribution in [0.5, 0.6) is 0 Å². The summed E-state index contributed by atoms with van der Waals surface area (Å²) in [6, 6.07) is 2.15. The zero-order chi connectivity index (χ0) is 12.5. The lowest BCUT2D eigenvalue weighted by Gasteiger charge is -2.14. The molecule has 3 N–H and O–H groups in total. The first-order valence-corrected chi connectivity index (χ1v) is 7.74. The maximum Gasteiger partial charge on any atom is 0.0568 e. The molecule has 1 atom stereocenters. The maximum absolute atomic E-state index is 6.11. The number of hydrogen-bond donors (Lipinski definition) is 2. The van der Waals surface area contributed by atoms with Gasteiger partial charge in [0.05, 0.1) is 11.1 Å². The second-order valence-corrected chi connectivity index (χ2v) is 5.76. The van der Waals surface area contributed by atoms with Crippen LogP contribution in [-0.2, 0) is 0 Å². The van der Waals surface area contributed by atoms with E-state index in [1.807, 2.05) is 11.4 Å². The number of hydrazine groups is 1. The first kappa shape index (κ1) is 15.0. The summed E-state index contributed by atoms with van der Waals surface area (Å²) in [5.41, 5.74) is 2.87. The fraction of sp³-hybridized carbons (Fsp3) is 0.692. The van der Waals surface area contributed by atoms with Crippen molar-refractivity contribution in [3.63, 3.8) is 0 Å². The molecule has 1 aromatic heterocycles. The number of halogens is 1. The summed E-state index contributed by atoms with van der Waals surface area (Å²) in [5.74, 6) is 5.59. The lowest BCUT2D eigenvalue weighted by molar-refractivity contribution is 0.482. The normalized spacial score (nSPS) is 12.9. The van der Waals surface area contributed by atoms with Gasteiger partial charge in [-0.2, -0.15) is 0 Å². The molecule has 17 heavy (non-hydrogen) atoms. The molecular formula is C13H23ClN2S. The molecule has 1 heterocycles. The Morgan fingerprint density at radius 2 is 2.00 bits per heavy atom. The third-order valence-electron chi connectivity index (χ3n) is 3.01. The molecule has 4 heteroatoms. The predicted molar refractivity (Wildman–Crippen MR) is 77.4 cm³/mol. The van der Waals surface area contributed by atoms with Gasteiger partial charge in [-0.3, -0.25) is 11.3 Å². The molecule has 0 bridgehead atoms. The van der Waals surface area contributed by atoms with E-state index in [1.165, 1.54) is 43.4 Å². The van der Waals surface area contributed by atoms with E-state index in [4.69, 9.17) is 17.4 Å². The van der Waals surface area contributed by atoms with E-state index < -0.39 is 0 Å². The molecular weight excluding hydrogens is 252 g/mol. The van der Waals surface area contributed by atoms with Crippen molar-refractivity contribution in [3.8, 4) is 0 Å². The highest BCUT2D eigenvalue weighted by atomic mass is 35.5. The van der Waals surface area contributed by atoms with Crippen molar-refractivity contribution < 1.29 is 0 Å². The first-order valence-electron chi connectivity index (χ1n) is 6.48. The molecule has 0 aliphatic carbocycles. The Bertz CT molecular complexity index is 301. The molecule has 1 unspecified atom stereocenters. The smallest absolute Gasteiger partial charge is 0.0568 e. The molecule has 1 rings (SSSR count). The SMILES string of the molecule is CCCCCCCCC(NN)c1sccc1Cl. The zero-order valence-corrected chi connectivity index (χ0v) is 12.1. The Morgan fingerprint density at radius 3 is 2.59 bits per heavy atom. The number of thiophene rings is 1. The number of nitrogens with two attached hydrogens (primary N) is 1. The van der Waals surface area contributed by atoms with Crippen LogP contribution in [0.3, 0.4) is 0 Å². The summed E-state index contributed by atoms with van der Waals surface area (Å²) >= 11 is 7.79. The van der Waals surface area contributed by atoms with Crippen molar-refractivity contribution >= 4 is 22.9 Å². The van der Waals surface area contributed by atoms with Crippen molar-refractivity contribution in [2.24, 2.45) is 5.84 Å². The van der Waals surface area contributed by atoms with Gasteiger partial charge in [-0.25, -0.2) is 0 Å². The van der Waals surface area contributed by atoms with Crippen LogP contribution in [0.2, 0.25) is 5.02 Å². The quantitative estimate of drug-likeness (QED) is 0.391. The van der Waals surface area contributed by atoms with Crippen LogP contribution in [0.15, 0.2) is 11.4 Å². The number of unbranched alkanes of at least 4 members (excludes halogenated alkanes) is 5. The summed E-state index contributed by atoms with van der Waals surface area (Å²) in [5, 5.41) is 2.85. The fourth-order valence-electron chi connectivity index (χ4n) is 1.97. The lowest BCUT2D eigenvalue weighted by Crippen LogP contribution is -2.27. The minimum absolute atomic E-state index is 0.216. The molecule has 98 valence electrons. The molecule has 0 aliphatic heterocycles. The third-order valence-corrected chi connectivity index (χ3v) is 4.48. The molecule has 0 saturated carbocycles. The molecule has 2 nitrogen and oxygen atoms in total. The van der Waals surface area contributed by atoms with Crippen LogP contribution >= 0.6 is 22.9 Å². The van der Waals surface area contributed by atoms with Gasteiger partial charge in [0.2, 0.25) is 0 Å². The highest BCUT2D eigenvalue weighted by Crippen LogP contribution is 2.31. The Morgan fingerprint density at radius 1 is 1.29 bits per heavy atom. The Kier molecular flexibility index (Phi) is 7.86. The largest absolute Gasteiger partial charge is 0.271 e. The zero-order valence-electron chi connectivity index (χ0n) is 10.5. The average Bonchev–Trinajstić information content (AvgIpc) is 2.75. The van der Waals surface area contributed by atoms with E-state index in [0.717, 1.165) is 11.4 Å². The maximum atomic E-state index is 6.11. The van der Waals surface area contributed by atoms with Gasteiger partial charge < -0.3 is 0 Å². The van der Waals surface area contributed by atoms with Gasteiger partial charge in [0.1, 0.15) is 0 Å². The second-order valence-electron chi connectivity index (χ2n) is 4.41. The van der Waals surface area contributed by atoms with E-state index in [2.05, 4.69) is 12.3 Å². The Balaban J connectivity index is 2.22. The van der Waals surface area contributed by atoms with Crippen molar-refractivity contribution in [3.05, 3.63) is 21.3 Å². The fourth-order valence-corrected chi connectivity index (χ4v) is 3.26. The topological polar surface area (TPSA) is 38.0 Å². The van der Waals surface area contributed by atoms with E-state index >= 15 is 0 Å². The van der Waals surface area contributed by atoms with Crippen LogP contribution in [0, 0.1) is 0 Å². The average molecular weight is 275 g/mol. The molecule has 1 aromatic rings. The van der Waals surface area contributed by atoms with Crippen LogP contribution in [0.25, 0.3) is 0 Å². The van der Waals surface area contributed by atoms with Crippen molar-refractivity contribution in [1.29, 1.82) is 0 Å². The second kappa shape index (κ2) is 8.92. The van der Waals surface area contributed by atoms with Crippen LogP contribution < -0.4 is 11.3 Å². The van der Waals surface area contributed by atoms with Gasteiger partial charge in [-0.05, 0) is 17.9 Å². The summed E-state index contributed by atoms with van der Waals surface area (Å²) in [6.07, 6.45) is 8.93. The highest BCUT2D eigenvalue weighted by molar-refractivity contribution is 7.10. The van der Waals surface area contributed by atoms with Gasteiger partial charge in [0.25, 0.3) is 0 Å². The lowest BCUT2D eigenvalue weighted by atomic mass is 10.1.